The first-order valence-electron chi connectivity index (χ1n) is 5.12. The second kappa shape index (κ2) is 6.35. The van der Waals surface area contributed by atoms with Crippen molar-refractivity contribution in [3.8, 4) is 0 Å². The van der Waals surface area contributed by atoms with Gasteiger partial charge in [-0.1, -0.05) is 30.7 Å². The maximum Gasteiger partial charge on any atom is 0.341 e. The van der Waals surface area contributed by atoms with E-state index >= 15 is 0 Å². The first-order valence-corrected chi connectivity index (χ1v) is 5.50. The van der Waals surface area contributed by atoms with Gasteiger partial charge in [-0.05, 0) is 24.1 Å². The molecule has 0 bridgehead atoms. The Morgan fingerprint density at radius 2 is 2.31 bits per heavy atom. The molecule has 0 aromatic heterocycles. The Morgan fingerprint density at radius 1 is 1.56 bits per heavy atom. The summed E-state index contributed by atoms with van der Waals surface area (Å²) in [5.41, 5.74) is 0.779. The van der Waals surface area contributed by atoms with Gasteiger partial charge in [-0.25, -0.2) is 9.86 Å². The highest BCUT2D eigenvalue weighted by Gasteiger charge is 2.09. The molecular weight excluding hydrogens is 228 g/mol. The predicted molar refractivity (Wildman–Crippen MR) is 62.5 cm³/mol. The van der Waals surface area contributed by atoms with Crippen molar-refractivity contribution in [2.75, 3.05) is 6.54 Å². The molecule has 0 aliphatic heterocycles. The third kappa shape index (κ3) is 4.08. The van der Waals surface area contributed by atoms with E-state index in [2.05, 4.69) is 5.32 Å². The van der Waals surface area contributed by atoms with Crippen molar-refractivity contribution in [2.45, 2.75) is 19.9 Å². The number of halogens is 1. The molecule has 0 radical (unpaired) electrons. The molecule has 1 rings (SSSR count). The first-order chi connectivity index (χ1) is 7.63. The van der Waals surface area contributed by atoms with Gasteiger partial charge in [-0.15, -0.1) is 0 Å². The second-order valence-electron chi connectivity index (χ2n) is 3.42. The molecule has 0 atom stereocenters. The van der Waals surface area contributed by atoms with E-state index in [-0.39, 0.29) is 6.54 Å². The van der Waals surface area contributed by atoms with Crippen molar-refractivity contribution in [1.29, 1.82) is 0 Å². The Kier molecular flexibility index (Phi) is 5.08. The minimum Gasteiger partial charge on any atom is -0.336 e. The Morgan fingerprint density at radius 3 is 2.94 bits per heavy atom. The molecule has 1 aromatic rings. The van der Waals surface area contributed by atoms with Crippen LogP contribution in [0.2, 0.25) is 5.02 Å². The summed E-state index contributed by atoms with van der Waals surface area (Å²) in [6.45, 7) is 2.61. The smallest absolute Gasteiger partial charge is 0.336 e. The van der Waals surface area contributed by atoms with Crippen LogP contribution in [-0.4, -0.2) is 22.8 Å². The summed E-state index contributed by atoms with van der Waals surface area (Å²) in [7, 11) is 0. The lowest BCUT2D eigenvalue weighted by atomic mass is 10.2. The number of hydrogen-bond donors (Lipinski definition) is 2. The predicted octanol–water partition coefficient (Wildman–Crippen LogP) is 2.65. The quantitative estimate of drug-likeness (QED) is 0.630. The Balaban J connectivity index is 2.50. The summed E-state index contributed by atoms with van der Waals surface area (Å²) in [5.74, 6) is 0. The number of urea groups is 1. The molecule has 0 unspecified atom stereocenters. The van der Waals surface area contributed by atoms with Gasteiger partial charge in [0, 0.05) is 11.6 Å². The first kappa shape index (κ1) is 12.8. The molecule has 5 heteroatoms. The highest BCUT2D eigenvalue weighted by molar-refractivity contribution is 6.30. The van der Waals surface area contributed by atoms with E-state index in [1.54, 1.807) is 24.3 Å². The van der Waals surface area contributed by atoms with Crippen LogP contribution in [0.25, 0.3) is 0 Å². The van der Waals surface area contributed by atoms with Crippen LogP contribution in [0.5, 0.6) is 0 Å². The highest BCUT2D eigenvalue weighted by Crippen LogP contribution is 2.11. The normalized spacial score (nSPS) is 9.94. The highest BCUT2D eigenvalue weighted by atomic mass is 35.5. The van der Waals surface area contributed by atoms with Gasteiger partial charge in [0.25, 0.3) is 0 Å². The maximum absolute atomic E-state index is 11.3. The average Bonchev–Trinajstić information content (AvgIpc) is 2.25. The van der Waals surface area contributed by atoms with Crippen LogP contribution in [-0.2, 0) is 6.54 Å². The SMILES string of the molecule is CCCNC(=O)N(O)Cc1cccc(Cl)c1. The molecule has 0 aliphatic rings. The van der Waals surface area contributed by atoms with E-state index in [9.17, 15) is 10.0 Å². The standard InChI is InChI=1S/C11H15ClN2O2/c1-2-6-13-11(15)14(16)8-9-4-3-5-10(12)7-9/h3-5,7,16H,2,6,8H2,1H3,(H,13,15). The molecular formula is C11H15ClN2O2. The van der Waals surface area contributed by atoms with Crippen molar-refractivity contribution >= 4 is 17.6 Å². The van der Waals surface area contributed by atoms with Crippen molar-refractivity contribution in [3.05, 3.63) is 34.9 Å². The van der Waals surface area contributed by atoms with Gasteiger partial charge in [-0.3, -0.25) is 5.21 Å². The Labute approximate surface area is 99.8 Å². The number of carbonyl (C=O) groups excluding carboxylic acids is 1. The van der Waals surface area contributed by atoms with Crippen LogP contribution < -0.4 is 5.32 Å². The van der Waals surface area contributed by atoms with E-state index in [0.29, 0.717) is 16.6 Å². The summed E-state index contributed by atoms with van der Waals surface area (Å²) in [6.07, 6.45) is 0.830. The van der Waals surface area contributed by atoms with Crippen molar-refractivity contribution in [3.63, 3.8) is 0 Å². The fourth-order valence-electron chi connectivity index (χ4n) is 1.20. The number of hydrogen-bond acceptors (Lipinski definition) is 2. The van der Waals surface area contributed by atoms with Gasteiger partial charge in [0.2, 0.25) is 0 Å². The van der Waals surface area contributed by atoms with Crippen LogP contribution in [0, 0.1) is 0 Å². The summed E-state index contributed by atoms with van der Waals surface area (Å²) >= 11 is 5.79. The molecule has 1 aromatic carbocycles. The van der Waals surface area contributed by atoms with Crippen LogP contribution in [0.4, 0.5) is 4.79 Å². The monoisotopic (exact) mass is 242 g/mol. The van der Waals surface area contributed by atoms with Gasteiger partial charge in [0.1, 0.15) is 0 Å². The average molecular weight is 243 g/mol. The maximum atomic E-state index is 11.3. The molecule has 0 saturated heterocycles. The van der Waals surface area contributed by atoms with Gasteiger partial charge in [-0.2, -0.15) is 0 Å². The molecule has 0 fully saturated rings. The number of nitrogens with one attached hydrogen (secondary N) is 1. The van der Waals surface area contributed by atoms with Crippen LogP contribution in [0.15, 0.2) is 24.3 Å². The molecule has 0 heterocycles. The van der Waals surface area contributed by atoms with Crippen LogP contribution in [0.3, 0.4) is 0 Å². The summed E-state index contributed by atoms with van der Waals surface area (Å²) in [5, 5.41) is 13.3. The van der Waals surface area contributed by atoms with Crippen LogP contribution >= 0.6 is 11.6 Å². The lowest BCUT2D eigenvalue weighted by Gasteiger charge is -2.15. The van der Waals surface area contributed by atoms with E-state index in [0.717, 1.165) is 12.0 Å². The molecule has 0 saturated carbocycles. The lowest BCUT2D eigenvalue weighted by Crippen LogP contribution is -2.37. The number of carbonyl (C=O) groups is 1. The molecule has 2 N–H and O–H groups in total. The number of rotatable bonds is 4. The number of hydroxylamine groups is 2. The van der Waals surface area contributed by atoms with Gasteiger partial charge < -0.3 is 5.32 Å². The Bertz CT molecular complexity index is 358. The van der Waals surface area contributed by atoms with Crippen molar-refractivity contribution < 1.29 is 10.0 Å². The summed E-state index contributed by atoms with van der Waals surface area (Å²) in [6, 6.07) is 6.52. The Hall–Kier alpha value is -1.26. The molecule has 0 spiro atoms. The van der Waals surface area contributed by atoms with E-state index < -0.39 is 6.03 Å². The number of amides is 2. The van der Waals surface area contributed by atoms with E-state index in [1.165, 1.54) is 0 Å². The fourth-order valence-corrected chi connectivity index (χ4v) is 1.42. The number of nitrogens with zero attached hydrogens (tertiary/aromatic N) is 1. The summed E-state index contributed by atoms with van der Waals surface area (Å²) < 4.78 is 0. The third-order valence-electron chi connectivity index (χ3n) is 1.98. The summed E-state index contributed by atoms with van der Waals surface area (Å²) in [4.78, 5) is 11.3. The third-order valence-corrected chi connectivity index (χ3v) is 2.22. The van der Waals surface area contributed by atoms with E-state index in [4.69, 9.17) is 11.6 Å². The zero-order valence-corrected chi connectivity index (χ0v) is 9.87. The topological polar surface area (TPSA) is 52.6 Å². The molecule has 0 aliphatic carbocycles. The van der Waals surface area contributed by atoms with Crippen molar-refractivity contribution in [1.82, 2.24) is 10.4 Å². The second-order valence-corrected chi connectivity index (χ2v) is 3.86. The molecule has 88 valence electrons. The minimum atomic E-state index is -0.498. The van der Waals surface area contributed by atoms with Gasteiger partial charge >= 0.3 is 6.03 Å². The zero-order valence-electron chi connectivity index (χ0n) is 9.11. The lowest BCUT2D eigenvalue weighted by molar-refractivity contribution is -0.0507. The van der Waals surface area contributed by atoms with Gasteiger partial charge in [0.05, 0.1) is 6.54 Å². The van der Waals surface area contributed by atoms with Gasteiger partial charge in [0.15, 0.2) is 0 Å². The minimum absolute atomic E-state index is 0.121. The zero-order chi connectivity index (χ0) is 12.0. The van der Waals surface area contributed by atoms with Crippen molar-refractivity contribution in [2.24, 2.45) is 0 Å². The molecule has 4 nitrogen and oxygen atoms in total. The molecule has 2 amide bonds. The number of benzene rings is 1. The largest absolute Gasteiger partial charge is 0.341 e. The molecule has 16 heavy (non-hydrogen) atoms. The fraction of sp³-hybridized carbons (Fsp3) is 0.364. The van der Waals surface area contributed by atoms with Crippen LogP contribution in [0.1, 0.15) is 18.9 Å². The van der Waals surface area contributed by atoms with E-state index in [1.807, 2.05) is 6.92 Å².